The molecule has 0 saturated heterocycles. The second-order valence-electron chi connectivity index (χ2n) is 2.97. The fourth-order valence-corrected chi connectivity index (χ4v) is 1.40. The summed E-state index contributed by atoms with van der Waals surface area (Å²) in [5.74, 6) is 0.789. The Kier molecular flexibility index (Phi) is 2.37. The first-order valence-corrected chi connectivity index (χ1v) is 4.64. The molecule has 0 amide bonds. The van der Waals surface area contributed by atoms with E-state index in [4.69, 9.17) is 12.2 Å². The van der Waals surface area contributed by atoms with E-state index in [1.807, 2.05) is 13.0 Å². The minimum Gasteiger partial charge on any atom is -0.331 e. The number of rotatable bonds is 1. The van der Waals surface area contributed by atoms with Crippen molar-refractivity contribution in [3.05, 3.63) is 40.9 Å². The minimum absolute atomic E-state index is 0.686. The molecule has 0 bridgehead atoms. The summed E-state index contributed by atoms with van der Waals surface area (Å²) >= 11 is 5.03. The van der Waals surface area contributed by atoms with Gasteiger partial charge in [-0.15, -0.1) is 0 Å². The van der Waals surface area contributed by atoms with E-state index in [1.165, 1.54) is 0 Å². The average Bonchev–Trinajstić information content (AvgIpc) is 2.18. The van der Waals surface area contributed by atoms with Crippen molar-refractivity contribution in [3.8, 4) is 11.4 Å². The van der Waals surface area contributed by atoms with Gasteiger partial charge in [0.05, 0.1) is 0 Å². The second kappa shape index (κ2) is 3.67. The van der Waals surface area contributed by atoms with E-state index in [9.17, 15) is 0 Å². The van der Waals surface area contributed by atoms with Crippen LogP contribution in [0.1, 0.15) is 5.56 Å². The molecule has 2 rings (SSSR count). The lowest BCUT2D eigenvalue weighted by Crippen LogP contribution is -1.91. The van der Waals surface area contributed by atoms with Crippen LogP contribution in [0.2, 0.25) is 0 Å². The van der Waals surface area contributed by atoms with Gasteiger partial charge in [0.15, 0.2) is 0 Å². The Bertz CT molecular complexity index is 504. The topological polar surface area (TPSA) is 41.6 Å². The van der Waals surface area contributed by atoms with Gasteiger partial charge >= 0.3 is 0 Å². The third kappa shape index (κ3) is 1.70. The van der Waals surface area contributed by atoms with Gasteiger partial charge in [0.2, 0.25) is 0 Å². The first-order chi connectivity index (χ1) is 6.77. The molecule has 0 radical (unpaired) electrons. The number of H-pyrrole nitrogens is 1. The Morgan fingerprint density at radius 3 is 2.86 bits per heavy atom. The normalized spacial score (nSPS) is 10.1. The Hall–Kier alpha value is -1.55. The summed E-state index contributed by atoms with van der Waals surface area (Å²) in [6.07, 6.45) is 5.25. The summed E-state index contributed by atoms with van der Waals surface area (Å²) in [7, 11) is 0. The molecule has 3 nitrogen and oxygen atoms in total. The molecule has 0 fully saturated rings. The van der Waals surface area contributed by atoms with E-state index in [2.05, 4.69) is 15.0 Å². The molecule has 2 aromatic rings. The number of aromatic nitrogens is 3. The number of aryl methyl sites for hydroxylation is 1. The molecule has 14 heavy (non-hydrogen) atoms. The molecule has 0 saturated carbocycles. The van der Waals surface area contributed by atoms with Crippen LogP contribution in [0.3, 0.4) is 0 Å². The molecule has 0 spiro atoms. The highest BCUT2D eigenvalue weighted by Crippen LogP contribution is 2.16. The monoisotopic (exact) mass is 203 g/mol. The fraction of sp³-hybridized carbons (Fsp3) is 0.100. The molecule has 2 aromatic heterocycles. The van der Waals surface area contributed by atoms with E-state index in [-0.39, 0.29) is 0 Å². The van der Waals surface area contributed by atoms with E-state index < -0.39 is 0 Å². The van der Waals surface area contributed by atoms with Crippen LogP contribution in [0, 0.1) is 11.6 Å². The molecule has 0 atom stereocenters. The van der Waals surface area contributed by atoms with Crippen molar-refractivity contribution in [1.82, 2.24) is 15.0 Å². The van der Waals surface area contributed by atoms with Crippen molar-refractivity contribution < 1.29 is 0 Å². The van der Waals surface area contributed by atoms with Crippen LogP contribution in [0.5, 0.6) is 0 Å². The Balaban J connectivity index is 2.61. The number of hydrogen-bond donors (Lipinski definition) is 1. The van der Waals surface area contributed by atoms with Crippen molar-refractivity contribution in [2.24, 2.45) is 0 Å². The first kappa shape index (κ1) is 9.02. The van der Waals surface area contributed by atoms with Gasteiger partial charge in [0.25, 0.3) is 0 Å². The van der Waals surface area contributed by atoms with Crippen molar-refractivity contribution in [2.75, 3.05) is 0 Å². The predicted molar refractivity (Wildman–Crippen MR) is 57.4 cm³/mol. The predicted octanol–water partition coefficient (Wildman–Crippen LogP) is 2.51. The number of nitrogens with zero attached hydrogens (tertiary/aromatic N) is 2. The van der Waals surface area contributed by atoms with Gasteiger partial charge in [-0.05, 0) is 24.6 Å². The molecule has 0 aliphatic rings. The van der Waals surface area contributed by atoms with Gasteiger partial charge in [-0.2, -0.15) is 0 Å². The number of hydrogen-bond acceptors (Lipinski definition) is 3. The van der Waals surface area contributed by atoms with E-state index in [0.29, 0.717) is 4.64 Å². The molecule has 70 valence electrons. The van der Waals surface area contributed by atoms with Crippen LogP contribution in [0.4, 0.5) is 0 Å². The smallest absolute Gasteiger partial charge is 0.138 e. The van der Waals surface area contributed by atoms with Gasteiger partial charge in [0.1, 0.15) is 10.5 Å². The zero-order valence-corrected chi connectivity index (χ0v) is 8.51. The Labute approximate surface area is 86.9 Å². The molecule has 0 unspecified atom stereocenters. The van der Waals surface area contributed by atoms with Crippen LogP contribution in [0.15, 0.2) is 30.7 Å². The van der Waals surface area contributed by atoms with Crippen molar-refractivity contribution in [1.29, 1.82) is 0 Å². The first-order valence-electron chi connectivity index (χ1n) is 4.24. The van der Waals surface area contributed by atoms with Gasteiger partial charge in [-0.25, -0.2) is 4.98 Å². The van der Waals surface area contributed by atoms with Crippen LogP contribution in [-0.2, 0) is 0 Å². The quantitative estimate of drug-likeness (QED) is 0.724. The average molecular weight is 203 g/mol. The number of aromatic amines is 1. The van der Waals surface area contributed by atoms with Gasteiger partial charge in [-0.1, -0.05) is 12.2 Å². The molecule has 1 N–H and O–H groups in total. The standard InChI is InChI=1S/C10H9N3S/c1-7-6-11-4-2-8(7)10-12-5-3-9(14)13-10/h2-6H,1H3,(H,12,13,14). The summed E-state index contributed by atoms with van der Waals surface area (Å²) in [6.45, 7) is 1.99. The third-order valence-electron chi connectivity index (χ3n) is 1.95. The highest BCUT2D eigenvalue weighted by molar-refractivity contribution is 7.71. The lowest BCUT2D eigenvalue weighted by atomic mass is 10.1. The number of pyridine rings is 1. The number of nitrogens with one attached hydrogen (secondary N) is 1. The van der Waals surface area contributed by atoms with Crippen molar-refractivity contribution in [3.63, 3.8) is 0 Å². The van der Waals surface area contributed by atoms with Crippen LogP contribution in [0.25, 0.3) is 11.4 Å². The highest BCUT2D eigenvalue weighted by atomic mass is 32.1. The minimum atomic E-state index is 0.686. The van der Waals surface area contributed by atoms with Crippen LogP contribution < -0.4 is 0 Å². The maximum Gasteiger partial charge on any atom is 0.138 e. The summed E-state index contributed by atoms with van der Waals surface area (Å²) in [5, 5.41) is 0. The zero-order chi connectivity index (χ0) is 9.97. The molecule has 4 heteroatoms. The largest absolute Gasteiger partial charge is 0.331 e. The van der Waals surface area contributed by atoms with Crippen molar-refractivity contribution >= 4 is 12.2 Å². The van der Waals surface area contributed by atoms with Crippen LogP contribution >= 0.6 is 12.2 Å². The Morgan fingerprint density at radius 1 is 1.29 bits per heavy atom. The fourth-order valence-electron chi connectivity index (χ4n) is 1.25. The van der Waals surface area contributed by atoms with Crippen LogP contribution in [-0.4, -0.2) is 15.0 Å². The molecule has 0 aromatic carbocycles. The van der Waals surface area contributed by atoms with E-state index in [1.54, 1.807) is 24.7 Å². The van der Waals surface area contributed by atoms with Gasteiger partial charge in [-0.3, -0.25) is 4.98 Å². The lowest BCUT2D eigenvalue weighted by Gasteiger charge is -2.02. The van der Waals surface area contributed by atoms with E-state index in [0.717, 1.165) is 17.0 Å². The lowest BCUT2D eigenvalue weighted by molar-refractivity contribution is 1.14. The second-order valence-corrected chi connectivity index (χ2v) is 3.41. The maximum atomic E-state index is 5.03. The van der Waals surface area contributed by atoms with Gasteiger partial charge < -0.3 is 4.98 Å². The molecule has 0 aliphatic carbocycles. The summed E-state index contributed by atoms with van der Waals surface area (Å²) in [6, 6.07) is 3.68. The summed E-state index contributed by atoms with van der Waals surface area (Å²) in [5.41, 5.74) is 2.11. The SMILES string of the molecule is Cc1cnccc1-c1nccc(=S)[nH]1. The summed E-state index contributed by atoms with van der Waals surface area (Å²) in [4.78, 5) is 11.3. The zero-order valence-electron chi connectivity index (χ0n) is 7.69. The molecular formula is C10H9N3S. The molecular weight excluding hydrogens is 194 g/mol. The maximum absolute atomic E-state index is 5.03. The molecule has 2 heterocycles. The molecule has 0 aliphatic heterocycles. The Morgan fingerprint density at radius 2 is 2.14 bits per heavy atom. The highest BCUT2D eigenvalue weighted by Gasteiger charge is 2.01. The van der Waals surface area contributed by atoms with E-state index >= 15 is 0 Å². The third-order valence-corrected chi connectivity index (χ3v) is 2.18. The van der Waals surface area contributed by atoms with Crippen molar-refractivity contribution in [2.45, 2.75) is 6.92 Å². The van der Waals surface area contributed by atoms with Gasteiger partial charge in [0, 0.05) is 24.2 Å². The summed E-state index contributed by atoms with van der Waals surface area (Å²) < 4.78 is 0.686.